The van der Waals surface area contributed by atoms with Crippen LogP contribution in [0.4, 0.5) is 0 Å². The zero-order valence-electron chi connectivity index (χ0n) is 7.94. The summed E-state index contributed by atoms with van der Waals surface area (Å²) in [5, 5.41) is 0. The number of fused-ring (bicyclic) bond motifs is 1. The zero-order chi connectivity index (χ0) is 10.3. The van der Waals surface area contributed by atoms with Crippen molar-refractivity contribution in [3.63, 3.8) is 0 Å². The molecule has 0 saturated heterocycles. The molecule has 2 rings (SSSR count). The summed E-state index contributed by atoms with van der Waals surface area (Å²) >= 11 is 5.15. The van der Waals surface area contributed by atoms with Crippen LogP contribution in [-0.2, 0) is 13.6 Å². The molecule has 2 aromatic rings. The number of aryl methyl sites for hydroxylation is 1. The molecule has 0 spiro atoms. The fourth-order valence-corrected chi connectivity index (χ4v) is 1.77. The van der Waals surface area contributed by atoms with Gasteiger partial charge in [-0.3, -0.25) is 9.36 Å². The summed E-state index contributed by atoms with van der Waals surface area (Å²) in [6.45, 7) is 2.46. The van der Waals surface area contributed by atoms with Crippen LogP contribution in [0.2, 0.25) is 0 Å². The van der Waals surface area contributed by atoms with Gasteiger partial charge in [-0.05, 0) is 19.1 Å². The van der Waals surface area contributed by atoms with Crippen molar-refractivity contribution in [2.75, 3.05) is 0 Å². The van der Waals surface area contributed by atoms with E-state index in [1.165, 1.54) is 10.9 Å². The molecule has 0 atom stereocenters. The molecule has 0 saturated carbocycles. The van der Waals surface area contributed by atoms with Crippen LogP contribution in [-0.4, -0.2) is 19.1 Å². The second kappa shape index (κ2) is 3.06. The van der Waals surface area contributed by atoms with E-state index in [0.717, 1.165) is 0 Å². The SMILES string of the molecule is CCn1c(=O)c2[nH]cnc2n(C)c1=S. The van der Waals surface area contributed by atoms with Gasteiger partial charge in [0, 0.05) is 13.6 Å². The van der Waals surface area contributed by atoms with E-state index in [1.807, 2.05) is 6.92 Å². The number of hydrogen-bond acceptors (Lipinski definition) is 3. The van der Waals surface area contributed by atoms with Crippen LogP contribution in [0.1, 0.15) is 6.92 Å². The maximum absolute atomic E-state index is 11.8. The number of aromatic amines is 1. The van der Waals surface area contributed by atoms with Crippen molar-refractivity contribution < 1.29 is 0 Å². The smallest absolute Gasteiger partial charge is 0.280 e. The lowest BCUT2D eigenvalue weighted by molar-refractivity contribution is 0.662. The molecule has 0 aliphatic carbocycles. The predicted octanol–water partition coefficient (Wildman–Crippen LogP) is 0.812. The Kier molecular flexibility index (Phi) is 1.99. The summed E-state index contributed by atoms with van der Waals surface area (Å²) in [5.41, 5.74) is 0.996. The summed E-state index contributed by atoms with van der Waals surface area (Å²) in [6.07, 6.45) is 1.50. The van der Waals surface area contributed by atoms with Crippen LogP contribution in [0, 0.1) is 4.77 Å². The lowest BCUT2D eigenvalue weighted by atomic mass is 10.5. The number of H-pyrrole nitrogens is 1. The average Bonchev–Trinajstić information content (AvgIpc) is 2.64. The summed E-state index contributed by atoms with van der Waals surface area (Å²) in [7, 11) is 1.80. The van der Waals surface area contributed by atoms with Gasteiger partial charge in [-0.2, -0.15) is 0 Å². The van der Waals surface area contributed by atoms with Crippen molar-refractivity contribution in [1.82, 2.24) is 19.1 Å². The van der Waals surface area contributed by atoms with Gasteiger partial charge in [0.15, 0.2) is 10.4 Å². The third kappa shape index (κ3) is 1.04. The monoisotopic (exact) mass is 210 g/mol. The van der Waals surface area contributed by atoms with Crippen LogP contribution in [0.3, 0.4) is 0 Å². The number of rotatable bonds is 1. The van der Waals surface area contributed by atoms with Crippen LogP contribution >= 0.6 is 12.2 Å². The number of imidazole rings is 1. The maximum atomic E-state index is 11.8. The molecular weight excluding hydrogens is 200 g/mol. The van der Waals surface area contributed by atoms with Gasteiger partial charge in [0.25, 0.3) is 5.56 Å². The van der Waals surface area contributed by atoms with Crippen LogP contribution < -0.4 is 5.56 Å². The minimum Gasteiger partial charge on any atom is -0.339 e. The lowest BCUT2D eigenvalue weighted by Crippen LogP contribution is -2.24. The molecule has 14 heavy (non-hydrogen) atoms. The highest BCUT2D eigenvalue weighted by Gasteiger charge is 2.08. The van der Waals surface area contributed by atoms with Gasteiger partial charge in [0.2, 0.25) is 0 Å². The van der Waals surface area contributed by atoms with Crippen molar-refractivity contribution in [1.29, 1.82) is 0 Å². The average molecular weight is 210 g/mol. The van der Waals surface area contributed by atoms with Gasteiger partial charge in [-0.15, -0.1) is 0 Å². The fourth-order valence-electron chi connectivity index (χ4n) is 1.47. The number of nitrogens with one attached hydrogen (secondary N) is 1. The lowest BCUT2D eigenvalue weighted by Gasteiger charge is -2.06. The third-order valence-electron chi connectivity index (χ3n) is 2.23. The van der Waals surface area contributed by atoms with Gasteiger partial charge in [0.1, 0.15) is 5.52 Å². The largest absolute Gasteiger partial charge is 0.339 e. The summed E-state index contributed by atoms with van der Waals surface area (Å²) in [4.78, 5) is 18.7. The molecule has 0 aliphatic heterocycles. The van der Waals surface area contributed by atoms with E-state index >= 15 is 0 Å². The van der Waals surface area contributed by atoms with Gasteiger partial charge in [0.05, 0.1) is 6.33 Å². The molecular formula is C8H10N4OS. The standard InChI is InChI=1S/C8H10N4OS/c1-3-12-7(13)5-6(10-4-9-5)11(2)8(12)14/h4H,3H2,1-2H3,(H,9,10). The molecule has 0 amide bonds. The number of hydrogen-bond donors (Lipinski definition) is 1. The molecule has 0 fully saturated rings. The van der Waals surface area contributed by atoms with Gasteiger partial charge < -0.3 is 9.55 Å². The van der Waals surface area contributed by atoms with E-state index < -0.39 is 0 Å². The Morgan fingerprint density at radius 2 is 2.36 bits per heavy atom. The highest BCUT2D eigenvalue weighted by molar-refractivity contribution is 7.71. The Hall–Kier alpha value is -1.43. The van der Waals surface area contributed by atoms with Crippen LogP contribution in [0.25, 0.3) is 11.2 Å². The second-order valence-corrected chi connectivity index (χ2v) is 3.36. The molecule has 0 aliphatic rings. The molecule has 0 bridgehead atoms. The Morgan fingerprint density at radius 1 is 1.64 bits per heavy atom. The molecule has 0 aromatic carbocycles. The molecule has 2 aromatic heterocycles. The molecule has 74 valence electrons. The van der Waals surface area contributed by atoms with Gasteiger partial charge in [-0.25, -0.2) is 4.98 Å². The first-order valence-corrected chi connectivity index (χ1v) is 4.70. The Morgan fingerprint density at radius 3 is 3.00 bits per heavy atom. The molecule has 2 heterocycles. The van der Waals surface area contributed by atoms with Crippen molar-refractivity contribution in [3.05, 3.63) is 21.5 Å². The zero-order valence-corrected chi connectivity index (χ0v) is 8.76. The quantitative estimate of drug-likeness (QED) is 0.709. The molecule has 0 radical (unpaired) electrons. The van der Waals surface area contributed by atoms with Crippen molar-refractivity contribution in [2.45, 2.75) is 13.5 Å². The Bertz CT molecular complexity index is 591. The van der Waals surface area contributed by atoms with E-state index in [-0.39, 0.29) is 5.56 Å². The minimum atomic E-state index is -0.108. The normalized spacial score (nSPS) is 11.0. The predicted molar refractivity (Wildman–Crippen MR) is 55.8 cm³/mol. The van der Waals surface area contributed by atoms with Gasteiger partial charge >= 0.3 is 0 Å². The summed E-state index contributed by atoms with van der Waals surface area (Å²) in [6, 6.07) is 0. The summed E-state index contributed by atoms with van der Waals surface area (Å²) < 4.78 is 3.76. The van der Waals surface area contributed by atoms with E-state index in [9.17, 15) is 4.79 Å². The second-order valence-electron chi connectivity index (χ2n) is 2.99. The molecule has 1 N–H and O–H groups in total. The first kappa shape index (κ1) is 9.14. The van der Waals surface area contributed by atoms with E-state index in [4.69, 9.17) is 12.2 Å². The van der Waals surface area contributed by atoms with Crippen molar-refractivity contribution in [3.8, 4) is 0 Å². The minimum absolute atomic E-state index is 0.108. The first-order chi connectivity index (χ1) is 6.66. The van der Waals surface area contributed by atoms with Crippen LogP contribution in [0.15, 0.2) is 11.1 Å². The Labute approximate surface area is 85.0 Å². The topological polar surface area (TPSA) is 55.6 Å². The highest BCUT2D eigenvalue weighted by atomic mass is 32.1. The van der Waals surface area contributed by atoms with Gasteiger partial charge in [-0.1, -0.05) is 0 Å². The van der Waals surface area contributed by atoms with Crippen LogP contribution in [0.5, 0.6) is 0 Å². The van der Waals surface area contributed by atoms with E-state index in [2.05, 4.69) is 9.97 Å². The summed E-state index contributed by atoms with van der Waals surface area (Å²) in [5.74, 6) is 0. The third-order valence-corrected chi connectivity index (χ3v) is 2.72. The molecule has 6 heteroatoms. The van der Waals surface area contributed by atoms with E-state index in [1.54, 1.807) is 11.6 Å². The van der Waals surface area contributed by atoms with E-state index in [0.29, 0.717) is 22.5 Å². The van der Waals surface area contributed by atoms with Crippen molar-refractivity contribution in [2.24, 2.45) is 7.05 Å². The maximum Gasteiger partial charge on any atom is 0.280 e. The Balaban J connectivity index is 3.10. The molecule has 5 nitrogen and oxygen atoms in total. The number of nitrogens with zero attached hydrogens (tertiary/aromatic N) is 3. The molecule has 0 unspecified atom stereocenters. The number of aromatic nitrogens is 4. The highest BCUT2D eigenvalue weighted by Crippen LogP contribution is 2.03. The fraction of sp³-hybridized carbons (Fsp3) is 0.375. The van der Waals surface area contributed by atoms with Crippen molar-refractivity contribution >= 4 is 23.4 Å². The first-order valence-electron chi connectivity index (χ1n) is 4.29.